The van der Waals surface area contributed by atoms with Gasteiger partial charge in [-0.3, -0.25) is 9.59 Å². The van der Waals surface area contributed by atoms with E-state index in [-0.39, 0.29) is 23.9 Å². The molecule has 4 nitrogen and oxygen atoms in total. The van der Waals surface area contributed by atoms with Crippen molar-refractivity contribution in [1.29, 1.82) is 0 Å². The molecule has 1 aromatic carbocycles. The number of carbonyl (C=O) groups is 2. The lowest BCUT2D eigenvalue weighted by Crippen LogP contribution is -2.43. The van der Waals surface area contributed by atoms with Crippen LogP contribution < -0.4 is 0 Å². The maximum Gasteiger partial charge on any atom is 0.454 e. The van der Waals surface area contributed by atoms with Gasteiger partial charge in [-0.1, -0.05) is 15.9 Å². The van der Waals surface area contributed by atoms with Crippen LogP contribution in [0.5, 0.6) is 0 Å². The van der Waals surface area contributed by atoms with Crippen molar-refractivity contribution in [2.45, 2.75) is 44.9 Å². The Morgan fingerprint density at radius 1 is 1.27 bits per heavy atom. The quantitative estimate of drug-likeness (QED) is 0.670. The number of nitrogens with zero attached hydrogens (tertiary/aromatic N) is 2. The molecule has 0 N–H and O–H groups in total. The minimum Gasteiger partial charge on any atom is -0.338 e. The van der Waals surface area contributed by atoms with Crippen LogP contribution in [-0.2, 0) is 11.3 Å². The topological polar surface area (TPSA) is 42.3 Å². The number of amides is 1. The summed E-state index contributed by atoms with van der Waals surface area (Å²) in [7, 11) is 0. The van der Waals surface area contributed by atoms with Crippen molar-refractivity contribution in [3.8, 4) is 0 Å². The predicted octanol–water partition coefficient (Wildman–Crippen LogP) is 4.55. The molecule has 0 radical (unpaired) electrons. The number of piperidine rings is 1. The molecule has 1 atom stereocenters. The van der Waals surface area contributed by atoms with Gasteiger partial charge in [0.25, 0.3) is 5.78 Å². The monoisotopic (exact) mass is 430 g/mol. The molecule has 1 aliphatic rings. The molecule has 0 unspecified atom stereocenters. The van der Waals surface area contributed by atoms with E-state index < -0.39 is 17.5 Å². The van der Waals surface area contributed by atoms with E-state index in [0.717, 1.165) is 25.5 Å². The van der Waals surface area contributed by atoms with Gasteiger partial charge in [0, 0.05) is 34.2 Å². The van der Waals surface area contributed by atoms with E-state index in [1.54, 1.807) is 17.0 Å². The third-order valence-electron chi connectivity index (χ3n) is 4.77. The van der Waals surface area contributed by atoms with Crippen LogP contribution in [0.4, 0.5) is 13.2 Å². The molecule has 140 valence electrons. The highest BCUT2D eigenvalue weighted by Gasteiger charge is 2.41. The Kier molecular flexibility index (Phi) is 5.14. The van der Waals surface area contributed by atoms with Crippen LogP contribution in [0.15, 0.2) is 28.9 Å². The number of Topliss-reactive ketones (excluding diaryl/α,β-unsaturated/α-hetero) is 1. The van der Waals surface area contributed by atoms with Gasteiger partial charge in [0.1, 0.15) is 6.54 Å². The molecule has 0 spiro atoms. The Hall–Kier alpha value is -1.83. The number of benzene rings is 1. The molecule has 26 heavy (non-hydrogen) atoms. The summed E-state index contributed by atoms with van der Waals surface area (Å²) >= 11 is 3.22. The number of hydrogen-bond donors (Lipinski definition) is 0. The van der Waals surface area contributed by atoms with Crippen molar-refractivity contribution in [3.63, 3.8) is 0 Å². The normalized spacial score (nSPS) is 18.3. The molecule has 0 saturated carbocycles. The summed E-state index contributed by atoms with van der Waals surface area (Å²) in [6.45, 7) is 2.53. The number of rotatable bonds is 3. The molecule has 0 aliphatic carbocycles. The SMILES string of the molecule is C[C@@H]1CCCCN1C(=O)Cn1cc(C(=O)C(F)(F)F)c2cc(Br)ccc21. The number of likely N-dealkylation sites (tertiary alicyclic amines) is 1. The van der Waals surface area contributed by atoms with Crippen molar-refractivity contribution in [3.05, 3.63) is 34.4 Å². The highest BCUT2D eigenvalue weighted by atomic mass is 79.9. The van der Waals surface area contributed by atoms with Crippen LogP contribution in [0.2, 0.25) is 0 Å². The number of aromatic nitrogens is 1. The first-order chi connectivity index (χ1) is 12.2. The Morgan fingerprint density at radius 3 is 2.65 bits per heavy atom. The van der Waals surface area contributed by atoms with Crippen LogP contribution in [-0.4, -0.2) is 39.9 Å². The van der Waals surface area contributed by atoms with E-state index in [0.29, 0.717) is 16.5 Å². The Labute approximate surface area is 157 Å². The van der Waals surface area contributed by atoms with E-state index in [4.69, 9.17) is 0 Å². The maximum absolute atomic E-state index is 12.9. The van der Waals surface area contributed by atoms with Crippen molar-refractivity contribution in [2.75, 3.05) is 6.54 Å². The van der Waals surface area contributed by atoms with Crippen LogP contribution in [0, 0.1) is 0 Å². The van der Waals surface area contributed by atoms with Crippen molar-refractivity contribution in [2.24, 2.45) is 0 Å². The van der Waals surface area contributed by atoms with Gasteiger partial charge in [0.15, 0.2) is 0 Å². The summed E-state index contributed by atoms with van der Waals surface area (Å²) < 4.78 is 40.8. The summed E-state index contributed by atoms with van der Waals surface area (Å²) in [5, 5.41) is 0.182. The molecule has 0 bridgehead atoms. The second-order valence-corrected chi connectivity index (χ2v) is 7.51. The van der Waals surface area contributed by atoms with Gasteiger partial charge in [0.2, 0.25) is 5.91 Å². The van der Waals surface area contributed by atoms with Crippen LogP contribution in [0.3, 0.4) is 0 Å². The number of hydrogen-bond acceptors (Lipinski definition) is 2. The van der Waals surface area contributed by atoms with Gasteiger partial charge in [0.05, 0.1) is 5.56 Å². The highest BCUT2D eigenvalue weighted by molar-refractivity contribution is 9.10. The van der Waals surface area contributed by atoms with Gasteiger partial charge in [-0.2, -0.15) is 13.2 Å². The van der Waals surface area contributed by atoms with Gasteiger partial charge >= 0.3 is 6.18 Å². The molecule has 1 aromatic heterocycles. The summed E-state index contributed by atoms with van der Waals surface area (Å²) in [5.41, 5.74) is -0.00731. The van der Waals surface area contributed by atoms with Gasteiger partial charge < -0.3 is 9.47 Å². The van der Waals surface area contributed by atoms with Crippen LogP contribution >= 0.6 is 15.9 Å². The summed E-state index contributed by atoms with van der Waals surface area (Å²) in [6.07, 6.45) is -0.919. The summed E-state index contributed by atoms with van der Waals surface area (Å²) in [5.74, 6) is -2.05. The molecule has 2 aromatic rings. The Balaban J connectivity index is 1.98. The lowest BCUT2D eigenvalue weighted by atomic mass is 10.0. The zero-order valence-corrected chi connectivity index (χ0v) is 15.7. The number of fused-ring (bicyclic) bond motifs is 1. The fourth-order valence-corrected chi connectivity index (χ4v) is 3.80. The first-order valence-electron chi connectivity index (χ1n) is 8.38. The second-order valence-electron chi connectivity index (χ2n) is 6.59. The van der Waals surface area contributed by atoms with Crippen molar-refractivity contribution in [1.82, 2.24) is 9.47 Å². The van der Waals surface area contributed by atoms with Crippen LogP contribution in [0.1, 0.15) is 36.5 Å². The average molecular weight is 431 g/mol. The third kappa shape index (κ3) is 3.65. The van der Waals surface area contributed by atoms with Crippen molar-refractivity contribution >= 4 is 38.5 Å². The zero-order chi connectivity index (χ0) is 19.1. The summed E-state index contributed by atoms with van der Waals surface area (Å²) in [4.78, 5) is 26.2. The second kappa shape index (κ2) is 7.06. The zero-order valence-electron chi connectivity index (χ0n) is 14.1. The molecule has 1 fully saturated rings. The minimum atomic E-state index is -4.97. The first-order valence-corrected chi connectivity index (χ1v) is 9.17. The van der Waals surface area contributed by atoms with E-state index in [2.05, 4.69) is 15.9 Å². The number of carbonyl (C=O) groups excluding carboxylic acids is 2. The molecular weight excluding hydrogens is 413 g/mol. The largest absolute Gasteiger partial charge is 0.454 e. The molecule has 1 saturated heterocycles. The summed E-state index contributed by atoms with van der Waals surface area (Å²) in [6, 6.07) is 4.87. The number of ketones is 1. The van der Waals surface area contributed by atoms with Gasteiger partial charge in [-0.05, 0) is 44.4 Å². The molecule has 1 amide bonds. The lowest BCUT2D eigenvalue weighted by molar-refractivity contribution is -0.135. The van der Waals surface area contributed by atoms with Crippen LogP contribution in [0.25, 0.3) is 10.9 Å². The van der Waals surface area contributed by atoms with Crippen molar-refractivity contribution < 1.29 is 22.8 Å². The Bertz CT molecular complexity index is 860. The first kappa shape index (κ1) is 18.9. The third-order valence-corrected chi connectivity index (χ3v) is 5.27. The van der Waals surface area contributed by atoms with E-state index >= 15 is 0 Å². The predicted molar refractivity (Wildman–Crippen MR) is 95.0 cm³/mol. The molecule has 8 heteroatoms. The standard InChI is InChI=1S/C18H18BrF3N2O2/c1-11-4-2-3-7-24(11)16(25)10-23-9-14(17(26)18(20,21)22)13-8-12(19)5-6-15(13)23/h5-6,8-9,11H,2-4,7,10H2,1H3/t11-/m1/s1. The Morgan fingerprint density at radius 2 is 2.00 bits per heavy atom. The smallest absolute Gasteiger partial charge is 0.338 e. The maximum atomic E-state index is 12.9. The lowest BCUT2D eigenvalue weighted by Gasteiger charge is -2.33. The highest BCUT2D eigenvalue weighted by Crippen LogP contribution is 2.31. The molecule has 3 rings (SSSR count). The molecule has 2 heterocycles. The van der Waals surface area contributed by atoms with E-state index in [1.807, 2.05) is 6.92 Å². The molecule has 1 aliphatic heterocycles. The fraction of sp³-hybridized carbons (Fsp3) is 0.444. The van der Waals surface area contributed by atoms with E-state index in [1.165, 1.54) is 10.6 Å². The van der Waals surface area contributed by atoms with Gasteiger partial charge in [-0.25, -0.2) is 0 Å². The average Bonchev–Trinajstić information content (AvgIpc) is 2.91. The number of halogens is 4. The van der Waals surface area contributed by atoms with E-state index in [9.17, 15) is 22.8 Å². The van der Waals surface area contributed by atoms with Gasteiger partial charge in [-0.15, -0.1) is 0 Å². The fourth-order valence-electron chi connectivity index (χ4n) is 3.44. The number of alkyl halides is 3. The minimum absolute atomic E-state index is 0.0897. The molecular formula is C18H18BrF3N2O2.